The van der Waals surface area contributed by atoms with Crippen LogP contribution in [0, 0.1) is 0 Å². The van der Waals surface area contributed by atoms with Crippen molar-refractivity contribution in [2.75, 3.05) is 13.1 Å². The molecule has 122 valence electrons. The highest BCUT2D eigenvalue weighted by Crippen LogP contribution is 2.24. The summed E-state index contributed by atoms with van der Waals surface area (Å²) >= 11 is 0. The Bertz CT molecular complexity index is 635. The summed E-state index contributed by atoms with van der Waals surface area (Å²) in [6.45, 7) is 6.21. The molecule has 2 saturated heterocycles. The zero-order valence-corrected chi connectivity index (χ0v) is 13.5. The maximum Gasteiger partial charge on any atom is 0.348 e. The second kappa shape index (κ2) is 6.16. The van der Waals surface area contributed by atoms with E-state index < -0.39 is 17.7 Å². The predicted octanol–water partition coefficient (Wildman–Crippen LogP) is 2.50. The van der Waals surface area contributed by atoms with E-state index in [9.17, 15) is 9.59 Å². The number of carbonyl (C=O) groups is 2. The number of carbonyl (C=O) groups excluding carboxylic acids is 2. The largest absolute Gasteiger partial charge is 0.419 e. The van der Waals surface area contributed by atoms with Crippen molar-refractivity contribution in [3.05, 3.63) is 41.0 Å². The Hall–Kier alpha value is -2.14. The molecule has 5 nitrogen and oxygen atoms in total. The molecule has 2 aliphatic heterocycles. The van der Waals surface area contributed by atoms with Crippen molar-refractivity contribution in [3.8, 4) is 0 Å². The molecule has 0 N–H and O–H groups in total. The molecule has 0 aliphatic carbocycles. The molecular weight excluding hydrogens is 294 g/mol. The topological polar surface area (TPSA) is 55.8 Å². The van der Waals surface area contributed by atoms with Gasteiger partial charge in [0.15, 0.2) is 0 Å². The first-order valence-corrected chi connectivity index (χ1v) is 7.93. The van der Waals surface area contributed by atoms with Crippen LogP contribution in [0.5, 0.6) is 0 Å². The van der Waals surface area contributed by atoms with Gasteiger partial charge in [0.1, 0.15) is 5.57 Å². The molecule has 2 fully saturated rings. The van der Waals surface area contributed by atoms with Gasteiger partial charge in [-0.1, -0.05) is 24.3 Å². The van der Waals surface area contributed by atoms with Gasteiger partial charge in [-0.05, 0) is 43.1 Å². The molecule has 1 aromatic rings. The van der Waals surface area contributed by atoms with Crippen LogP contribution in [0.2, 0.25) is 0 Å². The number of rotatable bonds is 3. The molecule has 2 heterocycles. The Morgan fingerprint density at radius 2 is 1.78 bits per heavy atom. The van der Waals surface area contributed by atoms with E-state index in [1.165, 1.54) is 38.3 Å². The summed E-state index contributed by atoms with van der Waals surface area (Å²) in [5, 5.41) is 0. The smallest absolute Gasteiger partial charge is 0.348 e. The minimum absolute atomic E-state index is 0.0670. The van der Waals surface area contributed by atoms with Crippen molar-refractivity contribution >= 4 is 18.0 Å². The fourth-order valence-electron chi connectivity index (χ4n) is 2.93. The highest BCUT2D eigenvalue weighted by atomic mass is 16.7. The highest BCUT2D eigenvalue weighted by Gasteiger charge is 2.38. The summed E-state index contributed by atoms with van der Waals surface area (Å²) in [6.07, 6.45) is 4.03. The third-order valence-corrected chi connectivity index (χ3v) is 3.98. The van der Waals surface area contributed by atoms with Crippen LogP contribution in [0.1, 0.15) is 37.8 Å². The number of cyclic esters (lactones) is 2. The van der Waals surface area contributed by atoms with Gasteiger partial charge in [0.25, 0.3) is 5.79 Å². The van der Waals surface area contributed by atoms with Crippen molar-refractivity contribution in [1.29, 1.82) is 0 Å². The Balaban J connectivity index is 1.79. The summed E-state index contributed by atoms with van der Waals surface area (Å²) in [7, 11) is 0. The molecule has 0 unspecified atom stereocenters. The zero-order chi connectivity index (χ0) is 16.4. The lowest BCUT2D eigenvalue weighted by molar-refractivity contribution is -0.222. The molecule has 0 spiro atoms. The Kier molecular flexibility index (Phi) is 4.22. The molecule has 5 heteroatoms. The molecule has 0 saturated carbocycles. The number of esters is 2. The van der Waals surface area contributed by atoms with E-state index in [1.807, 2.05) is 18.2 Å². The number of hydrogen-bond acceptors (Lipinski definition) is 5. The molecule has 3 rings (SSSR count). The Morgan fingerprint density at radius 1 is 1.13 bits per heavy atom. The predicted molar refractivity (Wildman–Crippen MR) is 85.2 cm³/mol. The number of hydrogen-bond donors (Lipinski definition) is 0. The van der Waals surface area contributed by atoms with Gasteiger partial charge in [-0.15, -0.1) is 0 Å². The van der Waals surface area contributed by atoms with E-state index in [0.29, 0.717) is 0 Å². The fourth-order valence-corrected chi connectivity index (χ4v) is 2.93. The van der Waals surface area contributed by atoms with Crippen molar-refractivity contribution in [2.24, 2.45) is 0 Å². The van der Waals surface area contributed by atoms with Crippen LogP contribution < -0.4 is 0 Å². The van der Waals surface area contributed by atoms with E-state index in [0.717, 1.165) is 25.2 Å². The molecular formula is C18H21NO4. The second-order valence-corrected chi connectivity index (χ2v) is 6.47. The number of likely N-dealkylation sites (tertiary alicyclic amines) is 1. The first-order valence-electron chi connectivity index (χ1n) is 7.93. The maximum absolute atomic E-state index is 12.0. The monoisotopic (exact) mass is 315 g/mol. The highest BCUT2D eigenvalue weighted by molar-refractivity contribution is 6.18. The average Bonchev–Trinajstić information content (AvgIpc) is 2.95. The average molecular weight is 315 g/mol. The van der Waals surface area contributed by atoms with Gasteiger partial charge in [0, 0.05) is 20.4 Å². The van der Waals surface area contributed by atoms with Gasteiger partial charge < -0.3 is 9.47 Å². The molecule has 1 aromatic carbocycles. The summed E-state index contributed by atoms with van der Waals surface area (Å²) in [5.74, 6) is -2.49. The normalized spacial score (nSPS) is 21.0. The van der Waals surface area contributed by atoms with Crippen LogP contribution in [0.15, 0.2) is 29.8 Å². The second-order valence-electron chi connectivity index (χ2n) is 6.47. The lowest BCUT2D eigenvalue weighted by Gasteiger charge is -2.29. The van der Waals surface area contributed by atoms with E-state index in [1.54, 1.807) is 0 Å². The van der Waals surface area contributed by atoms with Crippen molar-refractivity contribution < 1.29 is 19.1 Å². The first-order chi connectivity index (χ1) is 10.9. The standard InChI is InChI=1S/C18H21NO4/c1-18(2)22-16(20)15(17(21)23-18)11-13-6-5-7-14(10-13)12-19-8-3-4-9-19/h5-7,10-11H,3-4,8-9,12H2,1-2H3. The van der Waals surface area contributed by atoms with Gasteiger partial charge in [-0.2, -0.15) is 0 Å². The molecule has 0 aromatic heterocycles. The van der Waals surface area contributed by atoms with Crippen LogP contribution in [0.25, 0.3) is 6.08 Å². The van der Waals surface area contributed by atoms with Crippen LogP contribution >= 0.6 is 0 Å². The van der Waals surface area contributed by atoms with Gasteiger partial charge in [0.05, 0.1) is 0 Å². The Labute approximate surface area is 135 Å². The summed E-state index contributed by atoms with van der Waals surface area (Å²) in [6, 6.07) is 7.84. The van der Waals surface area contributed by atoms with Crippen molar-refractivity contribution in [1.82, 2.24) is 4.90 Å². The van der Waals surface area contributed by atoms with Gasteiger partial charge in [-0.3, -0.25) is 4.90 Å². The summed E-state index contributed by atoms with van der Waals surface area (Å²) in [5.41, 5.74) is 1.90. The SMILES string of the molecule is CC1(C)OC(=O)C(=Cc2cccc(CN3CCCC3)c2)C(=O)O1. The van der Waals surface area contributed by atoms with Gasteiger partial charge in [0.2, 0.25) is 0 Å². The lowest BCUT2D eigenvalue weighted by Crippen LogP contribution is -2.41. The Morgan fingerprint density at radius 3 is 2.43 bits per heavy atom. The van der Waals surface area contributed by atoms with Crippen LogP contribution in [0.4, 0.5) is 0 Å². The van der Waals surface area contributed by atoms with Gasteiger partial charge in [-0.25, -0.2) is 9.59 Å². The lowest BCUT2D eigenvalue weighted by atomic mass is 10.1. The number of ether oxygens (including phenoxy) is 2. The van der Waals surface area contributed by atoms with E-state index in [2.05, 4.69) is 11.0 Å². The summed E-state index contributed by atoms with van der Waals surface area (Å²) < 4.78 is 10.2. The van der Waals surface area contributed by atoms with E-state index in [-0.39, 0.29) is 5.57 Å². The van der Waals surface area contributed by atoms with Crippen molar-refractivity contribution in [3.63, 3.8) is 0 Å². The third-order valence-electron chi connectivity index (χ3n) is 3.98. The fraction of sp³-hybridized carbons (Fsp3) is 0.444. The van der Waals surface area contributed by atoms with E-state index >= 15 is 0 Å². The molecule has 0 atom stereocenters. The molecule has 0 radical (unpaired) electrons. The van der Waals surface area contributed by atoms with Crippen LogP contribution in [0.3, 0.4) is 0 Å². The van der Waals surface area contributed by atoms with Gasteiger partial charge >= 0.3 is 11.9 Å². The maximum atomic E-state index is 12.0. The zero-order valence-electron chi connectivity index (χ0n) is 13.5. The molecule has 0 bridgehead atoms. The van der Waals surface area contributed by atoms with E-state index in [4.69, 9.17) is 9.47 Å². The number of nitrogens with zero attached hydrogens (tertiary/aromatic N) is 1. The first kappa shape index (κ1) is 15.7. The quantitative estimate of drug-likeness (QED) is 0.487. The molecule has 23 heavy (non-hydrogen) atoms. The molecule has 0 amide bonds. The van der Waals surface area contributed by atoms with Crippen molar-refractivity contribution in [2.45, 2.75) is 39.0 Å². The van der Waals surface area contributed by atoms with Crippen LogP contribution in [-0.4, -0.2) is 35.7 Å². The molecule has 2 aliphatic rings. The number of benzene rings is 1. The minimum Gasteiger partial charge on any atom is -0.419 e. The van der Waals surface area contributed by atoms with Crippen LogP contribution in [-0.2, 0) is 25.6 Å². The third kappa shape index (κ3) is 3.79. The minimum atomic E-state index is -1.21. The summed E-state index contributed by atoms with van der Waals surface area (Å²) in [4.78, 5) is 26.4.